The summed E-state index contributed by atoms with van der Waals surface area (Å²) in [6.45, 7) is 33.6. The second-order valence-electron chi connectivity index (χ2n) is 13.4. The SMILES string of the molecule is CC(C)(C)[Si](C)(C)O/C=C/[C@H](O[Si](C)(C)C(C)(C)C)[C@@H](CN=[N+]=[N-])O[Si](C)(C)C(C)(C)C. The Morgan fingerprint density at radius 2 is 1.16 bits per heavy atom. The topological polar surface area (TPSA) is 76.5 Å². The average molecular weight is 502 g/mol. The molecule has 0 heterocycles. The maximum atomic E-state index is 9.03. The van der Waals surface area contributed by atoms with Crippen molar-refractivity contribution in [2.75, 3.05) is 6.54 Å². The monoisotopic (exact) mass is 501 g/mol. The molecule has 0 aromatic heterocycles. The fraction of sp³-hybridized carbons (Fsp3) is 0.913. The molecule has 9 heteroatoms. The summed E-state index contributed by atoms with van der Waals surface area (Å²) in [7, 11) is -6.19. The lowest BCUT2D eigenvalue weighted by Gasteiger charge is -2.44. The van der Waals surface area contributed by atoms with Gasteiger partial charge in [0.05, 0.1) is 25.0 Å². The van der Waals surface area contributed by atoms with Crippen molar-refractivity contribution in [3.63, 3.8) is 0 Å². The van der Waals surface area contributed by atoms with E-state index in [0.29, 0.717) is 0 Å². The first-order valence-electron chi connectivity index (χ1n) is 11.7. The minimum absolute atomic E-state index is 0.0322. The van der Waals surface area contributed by atoms with Crippen LogP contribution < -0.4 is 0 Å². The van der Waals surface area contributed by atoms with Gasteiger partial charge in [-0.05, 0) is 66.0 Å². The van der Waals surface area contributed by atoms with E-state index in [1.165, 1.54) is 0 Å². The summed E-state index contributed by atoms with van der Waals surface area (Å²) in [6, 6.07) is 0. The molecule has 6 nitrogen and oxygen atoms in total. The molecule has 0 fully saturated rings. The van der Waals surface area contributed by atoms with Crippen molar-refractivity contribution in [3.8, 4) is 0 Å². The molecule has 0 aromatic rings. The molecular formula is C23H51N3O3Si3. The number of nitrogens with zero attached hydrogens (tertiary/aromatic N) is 3. The van der Waals surface area contributed by atoms with Gasteiger partial charge in [0.25, 0.3) is 0 Å². The van der Waals surface area contributed by atoms with Gasteiger partial charge < -0.3 is 13.3 Å². The second-order valence-corrected chi connectivity index (χ2v) is 27.6. The largest absolute Gasteiger partial charge is 0.549 e. The van der Waals surface area contributed by atoms with Crippen LogP contribution in [0.25, 0.3) is 10.4 Å². The Hall–Kier alpha value is -0.579. The summed E-state index contributed by atoms with van der Waals surface area (Å²) < 4.78 is 19.9. The van der Waals surface area contributed by atoms with Crippen molar-refractivity contribution >= 4 is 25.0 Å². The van der Waals surface area contributed by atoms with Crippen molar-refractivity contribution in [1.82, 2.24) is 0 Å². The summed E-state index contributed by atoms with van der Waals surface area (Å²) in [5.41, 5.74) is 9.03. The van der Waals surface area contributed by atoms with E-state index in [1.54, 1.807) is 0 Å². The van der Waals surface area contributed by atoms with Gasteiger partial charge in [-0.15, -0.1) is 0 Å². The Labute approximate surface area is 201 Å². The lowest BCUT2D eigenvalue weighted by molar-refractivity contribution is 0.0681. The van der Waals surface area contributed by atoms with E-state index >= 15 is 0 Å². The third-order valence-corrected chi connectivity index (χ3v) is 20.9. The zero-order valence-electron chi connectivity index (χ0n) is 23.6. The number of rotatable bonds is 10. The van der Waals surface area contributed by atoms with Gasteiger partial charge in [-0.3, -0.25) is 0 Å². The molecule has 0 aromatic carbocycles. The van der Waals surface area contributed by atoms with Crippen LogP contribution in [-0.4, -0.2) is 43.7 Å². The summed E-state index contributed by atoms with van der Waals surface area (Å²) >= 11 is 0. The third kappa shape index (κ3) is 8.99. The molecule has 0 aliphatic carbocycles. The first-order chi connectivity index (χ1) is 14.0. The van der Waals surface area contributed by atoms with Gasteiger partial charge in [0.15, 0.2) is 16.6 Å². The molecule has 0 amide bonds. The molecule has 0 saturated heterocycles. The van der Waals surface area contributed by atoms with E-state index in [4.69, 9.17) is 18.8 Å². The Balaban J connectivity index is 6.21. The summed E-state index contributed by atoms with van der Waals surface area (Å²) in [5, 5.41) is 4.07. The number of azide groups is 1. The normalized spacial score (nSPS) is 16.6. The van der Waals surface area contributed by atoms with Gasteiger partial charge in [-0.25, -0.2) is 0 Å². The highest BCUT2D eigenvalue weighted by Gasteiger charge is 2.44. The van der Waals surface area contributed by atoms with E-state index in [9.17, 15) is 0 Å². The van der Waals surface area contributed by atoms with Crippen LogP contribution in [-0.2, 0) is 13.3 Å². The Kier molecular flexibility index (Phi) is 10.6. The Morgan fingerprint density at radius 3 is 1.53 bits per heavy atom. The minimum atomic E-state index is -2.12. The van der Waals surface area contributed by atoms with Gasteiger partial charge in [0.1, 0.15) is 0 Å². The predicted molar refractivity (Wildman–Crippen MR) is 146 cm³/mol. The molecule has 0 saturated carbocycles. The lowest BCUT2D eigenvalue weighted by atomic mass is 10.2. The van der Waals surface area contributed by atoms with Gasteiger partial charge in [0, 0.05) is 4.91 Å². The minimum Gasteiger partial charge on any atom is -0.549 e. The predicted octanol–water partition coefficient (Wildman–Crippen LogP) is 8.61. The van der Waals surface area contributed by atoms with Crippen molar-refractivity contribution in [2.45, 2.75) is 129 Å². The fourth-order valence-electron chi connectivity index (χ4n) is 2.10. The van der Waals surface area contributed by atoms with Crippen molar-refractivity contribution in [1.29, 1.82) is 0 Å². The molecule has 0 bridgehead atoms. The molecule has 2 atom stereocenters. The molecular weight excluding hydrogens is 451 g/mol. The van der Waals surface area contributed by atoms with E-state index in [-0.39, 0.29) is 33.9 Å². The molecule has 0 radical (unpaired) electrons. The maximum Gasteiger partial charge on any atom is 0.249 e. The first kappa shape index (κ1) is 31.4. The highest BCUT2D eigenvalue weighted by molar-refractivity contribution is 6.75. The molecule has 0 N–H and O–H groups in total. The fourth-order valence-corrected chi connectivity index (χ4v) is 5.46. The molecule has 32 heavy (non-hydrogen) atoms. The zero-order valence-corrected chi connectivity index (χ0v) is 26.6. The average Bonchev–Trinajstić information content (AvgIpc) is 2.54. The van der Waals surface area contributed by atoms with E-state index < -0.39 is 25.0 Å². The standard InChI is InChI=1S/C23H51N3O3Si3/c1-21(2,3)30(10,11)27-17-16-19(28-31(12,13)22(4,5)6)20(18-25-26-24)29-32(14,15)23(7,8)9/h16-17,19-20H,18H2,1-15H3/b17-16+/t19-,20+/m0/s1. The maximum absolute atomic E-state index is 9.03. The smallest absolute Gasteiger partial charge is 0.249 e. The Morgan fingerprint density at radius 1 is 0.750 bits per heavy atom. The summed E-state index contributed by atoms with van der Waals surface area (Å²) in [5.74, 6) is 0. The molecule has 188 valence electrons. The van der Waals surface area contributed by atoms with Crippen LogP contribution in [0, 0.1) is 0 Å². The van der Waals surface area contributed by atoms with Gasteiger partial charge in [0.2, 0.25) is 8.32 Å². The Bertz CT molecular complexity index is 681. The summed E-state index contributed by atoms with van der Waals surface area (Å²) in [6.07, 6.45) is 3.10. The highest BCUT2D eigenvalue weighted by atomic mass is 28.4. The lowest BCUT2D eigenvalue weighted by Crippen LogP contribution is -2.52. The number of hydrogen-bond acceptors (Lipinski definition) is 4. The van der Waals surface area contributed by atoms with Gasteiger partial charge in [-0.1, -0.05) is 67.4 Å². The van der Waals surface area contributed by atoms with Crippen molar-refractivity contribution < 1.29 is 13.3 Å². The van der Waals surface area contributed by atoms with E-state index in [1.807, 2.05) is 12.3 Å². The van der Waals surface area contributed by atoms with Crippen LogP contribution in [0.15, 0.2) is 17.5 Å². The van der Waals surface area contributed by atoms with E-state index in [2.05, 4.69) is 112 Å². The van der Waals surface area contributed by atoms with Gasteiger partial charge in [-0.2, -0.15) is 0 Å². The second kappa shape index (κ2) is 10.8. The third-order valence-electron chi connectivity index (χ3n) is 7.62. The van der Waals surface area contributed by atoms with Crippen LogP contribution in [0.4, 0.5) is 0 Å². The molecule has 0 rings (SSSR count). The van der Waals surface area contributed by atoms with E-state index in [0.717, 1.165) is 0 Å². The first-order valence-corrected chi connectivity index (χ1v) is 20.4. The van der Waals surface area contributed by atoms with Gasteiger partial charge >= 0.3 is 0 Å². The summed E-state index contributed by atoms with van der Waals surface area (Å²) in [4.78, 5) is 3.01. The quantitative estimate of drug-likeness (QED) is 0.0988. The van der Waals surface area contributed by atoms with Crippen LogP contribution in [0.2, 0.25) is 54.4 Å². The number of hydrogen-bond donors (Lipinski definition) is 0. The van der Waals surface area contributed by atoms with Crippen molar-refractivity contribution in [2.24, 2.45) is 5.11 Å². The zero-order chi connectivity index (χ0) is 25.8. The molecule has 0 spiro atoms. The highest BCUT2D eigenvalue weighted by Crippen LogP contribution is 2.41. The van der Waals surface area contributed by atoms with Crippen LogP contribution in [0.1, 0.15) is 62.3 Å². The van der Waals surface area contributed by atoms with Crippen LogP contribution in [0.5, 0.6) is 0 Å². The molecule has 0 aliphatic heterocycles. The van der Waals surface area contributed by atoms with Crippen LogP contribution in [0.3, 0.4) is 0 Å². The molecule has 0 unspecified atom stereocenters. The van der Waals surface area contributed by atoms with Crippen LogP contribution >= 0.6 is 0 Å². The molecule has 0 aliphatic rings. The van der Waals surface area contributed by atoms with Crippen molar-refractivity contribution in [3.05, 3.63) is 22.8 Å².